The van der Waals surface area contributed by atoms with Gasteiger partial charge in [-0.1, -0.05) is 92.4 Å². The molecule has 6 atom stereocenters. The fourth-order valence-corrected chi connectivity index (χ4v) is 5.90. The summed E-state index contributed by atoms with van der Waals surface area (Å²) in [6.45, 7) is 11.2. The summed E-state index contributed by atoms with van der Waals surface area (Å²) in [6.07, 6.45) is 11.2. The number of rotatable bonds is 23. The maximum Gasteiger partial charge on any atom is 0.169 e. The van der Waals surface area contributed by atoms with Crippen LogP contribution in [0.25, 0.3) is 0 Å². The van der Waals surface area contributed by atoms with E-state index < -0.39 is 32.8 Å². The molecular weight excluding hydrogens is 477 g/mol. The van der Waals surface area contributed by atoms with Crippen molar-refractivity contribution in [2.75, 3.05) is 47.5 Å². The minimum absolute atomic E-state index is 0.248. The molecule has 0 aromatic heterocycles. The van der Waals surface area contributed by atoms with E-state index in [1.54, 1.807) is 0 Å². The van der Waals surface area contributed by atoms with Gasteiger partial charge in [-0.2, -0.15) is 0 Å². The first-order valence-corrected chi connectivity index (χ1v) is 15.9. The number of quaternary nitrogens is 1. The standard InChI is InChI=1S/C28H60NO6P/c1-23(2)12-9-13-24(3)14-10-15-25(4)16-11-17-26(5)18-19-34-28(20-29(6,7)8)36(32,33)35-22-27(31)21-30/h23-28,30-31H,9-22H2,1-8H3/t24?,25?,26?,27-,28?/m1/s1. The van der Waals surface area contributed by atoms with Gasteiger partial charge in [0.2, 0.25) is 0 Å². The topological polar surface area (TPSA) is 99.1 Å². The molecule has 0 fully saturated rings. The summed E-state index contributed by atoms with van der Waals surface area (Å²) >= 11 is 0. The average molecular weight is 538 g/mol. The Bertz CT molecular complexity index is 583. The zero-order chi connectivity index (χ0) is 27.8. The van der Waals surface area contributed by atoms with Crippen LogP contribution in [-0.2, 0) is 13.8 Å². The van der Waals surface area contributed by atoms with Crippen molar-refractivity contribution in [3.05, 3.63) is 0 Å². The van der Waals surface area contributed by atoms with Gasteiger partial charge < -0.3 is 33.4 Å². The van der Waals surface area contributed by atoms with Crippen molar-refractivity contribution >= 4 is 7.60 Å². The van der Waals surface area contributed by atoms with Gasteiger partial charge in [0.15, 0.2) is 13.4 Å². The highest BCUT2D eigenvalue weighted by Gasteiger charge is 2.31. The Labute approximate surface area is 223 Å². The molecular formula is C28H60NO6P. The first-order valence-electron chi connectivity index (χ1n) is 14.3. The fraction of sp³-hybridized carbons (Fsp3) is 1.00. The molecule has 0 bridgehead atoms. The Balaban J connectivity index is 4.26. The number of hydrogen-bond acceptors (Lipinski definition) is 6. The molecule has 0 saturated heterocycles. The number of likely N-dealkylation sites (N-methyl/N-ethyl adjacent to an activating group) is 1. The molecule has 0 rings (SSSR count). The van der Waals surface area contributed by atoms with Gasteiger partial charge in [0.25, 0.3) is 0 Å². The van der Waals surface area contributed by atoms with Crippen molar-refractivity contribution < 1.29 is 33.4 Å². The second-order valence-corrected chi connectivity index (χ2v) is 14.7. The van der Waals surface area contributed by atoms with E-state index in [4.69, 9.17) is 14.4 Å². The molecule has 218 valence electrons. The van der Waals surface area contributed by atoms with Gasteiger partial charge in [0.1, 0.15) is 12.6 Å². The van der Waals surface area contributed by atoms with Gasteiger partial charge in [0, 0.05) is 6.61 Å². The smallest absolute Gasteiger partial charge is 0.169 e. The summed E-state index contributed by atoms with van der Waals surface area (Å²) in [6, 6.07) is 0. The molecule has 0 amide bonds. The summed E-state index contributed by atoms with van der Waals surface area (Å²) in [5.41, 5.74) is 0. The quantitative estimate of drug-likeness (QED) is 0.133. The van der Waals surface area contributed by atoms with Crippen LogP contribution in [0, 0.1) is 23.7 Å². The molecule has 0 aliphatic heterocycles. The van der Waals surface area contributed by atoms with Gasteiger partial charge >= 0.3 is 0 Å². The monoisotopic (exact) mass is 537 g/mol. The first kappa shape index (κ1) is 36.0. The maximum atomic E-state index is 12.6. The highest BCUT2D eigenvalue weighted by atomic mass is 31.2. The van der Waals surface area contributed by atoms with Crippen LogP contribution in [0.4, 0.5) is 0 Å². The number of nitrogens with zero attached hydrogens (tertiary/aromatic N) is 1. The van der Waals surface area contributed by atoms with E-state index in [0.717, 1.165) is 30.6 Å². The van der Waals surface area contributed by atoms with E-state index in [2.05, 4.69) is 34.6 Å². The molecule has 2 N–H and O–H groups in total. The number of aliphatic hydroxyl groups excluding tert-OH is 2. The van der Waals surface area contributed by atoms with Gasteiger partial charge in [-0.05, 0) is 30.1 Å². The predicted molar refractivity (Wildman–Crippen MR) is 148 cm³/mol. The molecule has 36 heavy (non-hydrogen) atoms. The van der Waals surface area contributed by atoms with Gasteiger partial charge in [0.05, 0.1) is 34.4 Å². The Morgan fingerprint density at radius 3 is 1.67 bits per heavy atom. The molecule has 0 aliphatic carbocycles. The van der Waals surface area contributed by atoms with Crippen LogP contribution in [0.15, 0.2) is 0 Å². The molecule has 0 aromatic rings. The van der Waals surface area contributed by atoms with Crippen LogP contribution in [-0.4, -0.2) is 74.2 Å². The highest BCUT2D eigenvalue weighted by molar-refractivity contribution is 7.52. The fourth-order valence-electron chi connectivity index (χ4n) is 4.38. The number of ether oxygens (including phenoxy) is 1. The number of hydrogen-bond donors (Lipinski definition) is 2. The Hall–Kier alpha value is -0.0100. The maximum absolute atomic E-state index is 12.6. The van der Waals surface area contributed by atoms with Crippen LogP contribution >= 0.6 is 7.60 Å². The zero-order valence-electron chi connectivity index (χ0n) is 24.8. The summed E-state index contributed by atoms with van der Waals surface area (Å²) in [4.78, 5) is 12.6. The summed E-state index contributed by atoms with van der Waals surface area (Å²) in [7, 11) is 1.35. The molecule has 7 nitrogen and oxygen atoms in total. The largest absolute Gasteiger partial charge is 0.777 e. The summed E-state index contributed by atoms with van der Waals surface area (Å²) in [5, 5.41) is 18.4. The minimum atomic E-state index is -4.35. The second kappa shape index (κ2) is 19.1. The lowest BCUT2D eigenvalue weighted by Gasteiger charge is -2.36. The van der Waals surface area contributed by atoms with Crippen molar-refractivity contribution in [1.29, 1.82) is 0 Å². The van der Waals surface area contributed by atoms with E-state index in [0.29, 0.717) is 17.0 Å². The lowest BCUT2D eigenvalue weighted by molar-refractivity contribution is -0.872. The zero-order valence-corrected chi connectivity index (χ0v) is 25.7. The van der Waals surface area contributed by atoms with Gasteiger partial charge in [-0.3, -0.25) is 0 Å². The van der Waals surface area contributed by atoms with Crippen molar-refractivity contribution in [2.24, 2.45) is 23.7 Å². The molecule has 0 aliphatic rings. The third-order valence-corrected chi connectivity index (χ3v) is 8.43. The summed E-state index contributed by atoms with van der Waals surface area (Å²) in [5.74, 6) is 1.79. The lowest BCUT2D eigenvalue weighted by atomic mass is 9.91. The summed E-state index contributed by atoms with van der Waals surface area (Å²) < 4.78 is 23.8. The third-order valence-electron chi connectivity index (χ3n) is 6.90. The molecule has 0 radical (unpaired) electrons. The normalized spacial score (nSPS) is 18.6. The predicted octanol–water partition coefficient (Wildman–Crippen LogP) is 5.42. The highest BCUT2D eigenvalue weighted by Crippen LogP contribution is 2.44. The molecule has 0 saturated carbocycles. The van der Waals surface area contributed by atoms with Crippen LogP contribution in [0.2, 0.25) is 0 Å². The SMILES string of the molecule is CC(C)CCCC(C)CCCC(C)CCCC(C)CCOC(C[N+](C)(C)C)P(=O)([O-])OC[C@H](O)CO. The second-order valence-electron chi connectivity index (χ2n) is 12.8. The van der Waals surface area contributed by atoms with E-state index in [-0.39, 0.29) is 6.54 Å². The van der Waals surface area contributed by atoms with Crippen molar-refractivity contribution in [2.45, 2.75) is 111 Å². The van der Waals surface area contributed by atoms with Crippen LogP contribution in [0.3, 0.4) is 0 Å². The molecule has 0 heterocycles. The minimum Gasteiger partial charge on any atom is -0.777 e. The first-order chi connectivity index (χ1) is 16.7. The molecule has 0 spiro atoms. The van der Waals surface area contributed by atoms with Crippen molar-refractivity contribution in [3.63, 3.8) is 0 Å². The average Bonchev–Trinajstić information content (AvgIpc) is 2.75. The van der Waals surface area contributed by atoms with E-state index in [1.165, 1.54) is 51.4 Å². The number of aliphatic hydroxyl groups is 2. The van der Waals surface area contributed by atoms with Crippen LogP contribution in [0.5, 0.6) is 0 Å². The molecule has 5 unspecified atom stereocenters. The third kappa shape index (κ3) is 20.0. The molecule has 8 heteroatoms. The molecule has 0 aromatic carbocycles. The van der Waals surface area contributed by atoms with Crippen molar-refractivity contribution in [3.8, 4) is 0 Å². The van der Waals surface area contributed by atoms with Crippen LogP contribution in [0.1, 0.15) is 98.8 Å². The van der Waals surface area contributed by atoms with Crippen molar-refractivity contribution in [1.82, 2.24) is 0 Å². The Kier molecular flexibility index (Phi) is 19.1. The van der Waals surface area contributed by atoms with Gasteiger partial charge in [-0.15, -0.1) is 0 Å². The Morgan fingerprint density at radius 2 is 1.25 bits per heavy atom. The lowest BCUT2D eigenvalue weighted by Crippen LogP contribution is -2.44. The van der Waals surface area contributed by atoms with E-state index in [9.17, 15) is 14.6 Å². The Morgan fingerprint density at radius 1 is 0.806 bits per heavy atom. The van der Waals surface area contributed by atoms with Crippen LogP contribution < -0.4 is 4.89 Å². The van der Waals surface area contributed by atoms with E-state index in [1.807, 2.05) is 21.1 Å². The van der Waals surface area contributed by atoms with E-state index >= 15 is 0 Å². The van der Waals surface area contributed by atoms with Gasteiger partial charge in [-0.25, -0.2) is 0 Å².